The van der Waals surface area contributed by atoms with Gasteiger partial charge < -0.3 is 10.3 Å². The van der Waals surface area contributed by atoms with Crippen LogP contribution in [-0.4, -0.2) is 35.0 Å². The fourth-order valence-electron chi connectivity index (χ4n) is 2.84. The monoisotopic (exact) mass is 453 g/mol. The molecule has 4 rings (SSSR count). The van der Waals surface area contributed by atoms with E-state index in [0.717, 1.165) is 16.7 Å². The van der Waals surface area contributed by atoms with Crippen LogP contribution in [0.1, 0.15) is 5.56 Å². The van der Waals surface area contributed by atoms with E-state index in [1.807, 2.05) is 61.5 Å². The lowest BCUT2D eigenvalue weighted by molar-refractivity contribution is -0.113. The molecule has 2 aromatic heterocycles. The van der Waals surface area contributed by atoms with E-state index in [9.17, 15) is 13.2 Å². The van der Waals surface area contributed by atoms with E-state index in [2.05, 4.69) is 25.0 Å². The van der Waals surface area contributed by atoms with Crippen molar-refractivity contribution in [3.8, 4) is 22.5 Å². The molecule has 10 heteroatoms. The Labute approximate surface area is 183 Å². The summed E-state index contributed by atoms with van der Waals surface area (Å²) in [7, 11) is -3.95. The van der Waals surface area contributed by atoms with Crippen molar-refractivity contribution in [2.24, 2.45) is 0 Å². The number of nitrogens with one attached hydrogen (secondary N) is 3. The average molecular weight is 454 g/mol. The van der Waals surface area contributed by atoms with E-state index in [-0.39, 0.29) is 5.95 Å². The highest BCUT2D eigenvalue weighted by molar-refractivity contribution is 7.93. The van der Waals surface area contributed by atoms with E-state index < -0.39 is 21.7 Å². The Bertz CT molecular complexity index is 1300. The Kier molecular flexibility index (Phi) is 5.83. The highest BCUT2D eigenvalue weighted by Crippen LogP contribution is 2.25. The third-order valence-corrected chi connectivity index (χ3v) is 6.24. The Balaban J connectivity index is 1.37. The van der Waals surface area contributed by atoms with Crippen LogP contribution >= 0.6 is 11.3 Å². The molecule has 0 fully saturated rings. The number of aromatic nitrogens is 3. The van der Waals surface area contributed by atoms with E-state index in [4.69, 9.17) is 0 Å². The number of thiazole rings is 1. The SMILES string of the molecule is Cc1ccc(-c2csc(NC(=O)CS(=O)(=O)Nc3ncc(-c4ccccc4)[nH]3)n2)cc1. The third kappa shape index (κ3) is 5.36. The van der Waals surface area contributed by atoms with Crippen LogP contribution in [0, 0.1) is 6.92 Å². The number of hydrogen-bond acceptors (Lipinski definition) is 6. The summed E-state index contributed by atoms with van der Waals surface area (Å²) in [5.74, 6) is -1.40. The number of H-pyrrole nitrogens is 1. The minimum Gasteiger partial charge on any atom is -0.323 e. The Morgan fingerprint density at radius 1 is 1.06 bits per heavy atom. The molecular formula is C21H19N5O3S2. The lowest BCUT2D eigenvalue weighted by Crippen LogP contribution is -2.27. The summed E-state index contributed by atoms with van der Waals surface area (Å²) < 4.78 is 27.0. The van der Waals surface area contributed by atoms with Gasteiger partial charge in [-0.25, -0.2) is 18.4 Å². The second kappa shape index (κ2) is 8.70. The van der Waals surface area contributed by atoms with Gasteiger partial charge in [0.1, 0.15) is 5.75 Å². The number of sulfonamides is 1. The minimum absolute atomic E-state index is 0.0440. The third-order valence-electron chi connectivity index (χ3n) is 4.33. The molecule has 158 valence electrons. The summed E-state index contributed by atoms with van der Waals surface area (Å²) in [5.41, 5.74) is 4.30. The van der Waals surface area contributed by atoms with E-state index in [0.29, 0.717) is 16.5 Å². The van der Waals surface area contributed by atoms with Crippen molar-refractivity contribution in [1.29, 1.82) is 0 Å². The first-order valence-electron chi connectivity index (χ1n) is 9.31. The lowest BCUT2D eigenvalue weighted by atomic mass is 10.1. The number of anilines is 2. The fourth-order valence-corrected chi connectivity index (χ4v) is 4.46. The summed E-state index contributed by atoms with van der Waals surface area (Å²) in [5, 5.41) is 4.68. The van der Waals surface area contributed by atoms with Crippen LogP contribution in [0.2, 0.25) is 0 Å². The van der Waals surface area contributed by atoms with Gasteiger partial charge in [-0.1, -0.05) is 60.2 Å². The van der Waals surface area contributed by atoms with Gasteiger partial charge in [0, 0.05) is 10.9 Å². The molecule has 3 N–H and O–H groups in total. The quantitative estimate of drug-likeness (QED) is 0.392. The van der Waals surface area contributed by atoms with Crippen LogP contribution in [-0.2, 0) is 14.8 Å². The number of imidazole rings is 1. The summed E-state index contributed by atoms with van der Waals surface area (Å²) in [4.78, 5) is 23.5. The first kappa shape index (κ1) is 20.8. The molecule has 8 nitrogen and oxygen atoms in total. The number of rotatable bonds is 7. The van der Waals surface area contributed by atoms with Crippen molar-refractivity contribution in [2.45, 2.75) is 6.92 Å². The van der Waals surface area contributed by atoms with Crippen molar-refractivity contribution in [2.75, 3.05) is 15.8 Å². The number of benzene rings is 2. The van der Waals surface area contributed by atoms with E-state index >= 15 is 0 Å². The number of carbonyl (C=O) groups is 1. The average Bonchev–Trinajstić information content (AvgIpc) is 3.38. The van der Waals surface area contributed by atoms with Crippen LogP contribution in [0.4, 0.5) is 11.1 Å². The molecule has 2 heterocycles. The van der Waals surface area contributed by atoms with Crippen LogP contribution in [0.5, 0.6) is 0 Å². The van der Waals surface area contributed by atoms with Crippen LogP contribution < -0.4 is 10.0 Å². The minimum atomic E-state index is -3.95. The Morgan fingerprint density at radius 3 is 2.55 bits per heavy atom. The van der Waals surface area contributed by atoms with Gasteiger partial charge in [0.2, 0.25) is 21.9 Å². The number of aryl methyl sites for hydroxylation is 1. The van der Waals surface area contributed by atoms with Gasteiger partial charge in [-0.2, -0.15) is 0 Å². The molecule has 4 aromatic rings. The van der Waals surface area contributed by atoms with Gasteiger partial charge in [-0.3, -0.25) is 9.52 Å². The highest BCUT2D eigenvalue weighted by Gasteiger charge is 2.19. The molecule has 1 amide bonds. The molecule has 0 aliphatic heterocycles. The molecular weight excluding hydrogens is 434 g/mol. The second-order valence-electron chi connectivity index (χ2n) is 6.82. The standard InChI is InChI=1S/C21H19N5O3S2/c1-14-7-9-16(10-8-14)18-12-30-21(24-18)25-19(27)13-31(28,29)26-20-22-11-17(23-20)15-5-3-2-4-6-15/h2-12H,13H2,1H3,(H2,22,23,26)(H,24,25,27). The lowest BCUT2D eigenvalue weighted by Gasteiger charge is -2.05. The molecule has 0 spiro atoms. The molecule has 31 heavy (non-hydrogen) atoms. The maximum Gasteiger partial charge on any atom is 0.244 e. The molecule has 0 saturated carbocycles. The maximum absolute atomic E-state index is 12.4. The number of nitrogens with zero attached hydrogens (tertiary/aromatic N) is 2. The van der Waals surface area contributed by atoms with E-state index in [1.165, 1.54) is 17.5 Å². The van der Waals surface area contributed by atoms with Crippen molar-refractivity contribution < 1.29 is 13.2 Å². The summed E-state index contributed by atoms with van der Waals surface area (Å²) in [6, 6.07) is 17.2. The van der Waals surface area contributed by atoms with Gasteiger partial charge in [0.25, 0.3) is 0 Å². The summed E-state index contributed by atoms with van der Waals surface area (Å²) in [6.07, 6.45) is 1.52. The smallest absolute Gasteiger partial charge is 0.244 e. The highest BCUT2D eigenvalue weighted by atomic mass is 32.2. The number of carbonyl (C=O) groups excluding carboxylic acids is 1. The summed E-state index contributed by atoms with van der Waals surface area (Å²) >= 11 is 1.23. The zero-order valence-electron chi connectivity index (χ0n) is 16.5. The molecule has 0 aliphatic rings. The van der Waals surface area contributed by atoms with Crippen molar-refractivity contribution in [1.82, 2.24) is 15.0 Å². The van der Waals surface area contributed by atoms with E-state index in [1.54, 1.807) is 5.38 Å². The topological polar surface area (TPSA) is 117 Å². The van der Waals surface area contributed by atoms with Crippen molar-refractivity contribution >= 4 is 38.3 Å². The Hall–Kier alpha value is -3.50. The molecule has 0 saturated heterocycles. The zero-order chi connectivity index (χ0) is 21.8. The number of amides is 1. The first-order chi connectivity index (χ1) is 14.9. The van der Waals surface area contributed by atoms with Crippen molar-refractivity contribution in [3.05, 3.63) is 71.7 Å². The van der Waals surface area contributed by atoms with Gasteiger partial charge in [-0.15, -0.1) is 11.3 Å². The molecule has 0 aliphatic carbocycles. The molecule has 0 radical (unpaired) electrons. The largest absolute Gasteiger partial charge is 0.323 e. The fraction of sp³-hybridized carbons (Fsp3) is 0.0952. The van der Waals surface area contributed by atoms with Gasteiger partial charge in [-0.05, 0) is 12.5 Å². The van der Waals surface area contributed by atoms with Crippen LogP contribution in [0.25, 0.3) is 22.5 Å². The van der Waals surface area contributed by atoms with Gasteiger partial charge in [0.05, 0.1) is 17.6 Å². The van der Waals surface area contributed by atoms with Gasteiger partial charge >= 0.3 is 0 Å². The van der Waals surface area contributed by atoms with Crippen LogP contribution in [0.3, 0.4) is 0 Å². The van der Waals surface area contributed by atoms with Crippen molar-refractivity contribution in [3.63, 3.8) is 0 Å². The predicted molar refractivity (Wildman–Crippen MR) is 122 cm³/mol. The maximum atomic E-state index is 12.4. The summed E-state index contributed by atoms with van der Waals surface area (Å²) in [6.45, 7) is 2.00. The second-order valence-corrected chi connectivity index (χ2v) is 9.41. The number of hydrogen-bond donors (Lipinski definition) is 3. The molecule has 2 aromatic carbocycles. The molecule has 0 atom stereocenters. The Morgan fingerprint density at radius 2 is 1.81 bits per heavy atom. The number of aromatic amines is 1. The zero-order valence-corrected chi connectivity index (χ0v) is 18.1. The molecule has 0 unspecified atom stereocenters. The van der Waals surface area contributed by atoms with Crippen LogP contribution in [0.15, 0.2) is 66.2 Å². The van der Waals surface area contributed by atoms with Gasteiger partial charge in [0.15, 0.2) is 5.13 Å². The molecule has 0 bridgehead atoms. The predicted octanol–water partition coefficient (Wildman–Crippen LogP) is 3.89. The normalized spacial score (nSPS) is 11.3. The first-order valence-corrected chi connectivity index (χ1v) is 11.8.